The molecule has 0 spiro atoms. The number of halogens is 3. The Balaban J connectivity index is 1.93. The van der Waals surface area contributed by atoms with E-state index in [1.54, 1.807) is 6.21 Å². The fourth-order valence-corrected chi connectivity index (χ4v) is 2.14. The Morgan fingerprint density at radius 2 is 1.64 bits per heavy atom. The molecule has 0 saturated carbocycles. The van der Waals surface area contributed by atoms with Crippen LogP contribution in [0.25, 0.3) is 0 Å². The van der Waals surface area contributed by atoms with Gasteiger partial charge in [-0.3, -0.25) is 0 Å². The summed E-state index contributed by atoms with van der Waals surface area (Å²) in [6.45, 7) is -0.906. The molecule has 0 amide bonds. The first kappa shape index (κ1) is 18.7. The first-order valence-corrected chi connectivity index (χ1v) is 7.98. The Bertz CT molecular complexity index is 728. The maximum atomic E-state index is 13.6. The van der Waals surface area contributed by atoms with Crippen molar-refractivity contribution < 1.29 is 17.9 Å². The van der Waals surface area contributed by atoms with Gasteiger partial charge in [0.15, 0.2) is 11.6 Å². The molecule has 0 atom stereocenters. The number of rotatable bonds is 8. The van der Waals surface area contributed by atoms with Crippen molar-refractivity contribution >= 4 is 12.4 Å². The van der Waals surface area contributed by atoms with E-state index in [4.69, 9.17) is 0 Å². The third kappa shape index (κ3) is 6.41. The third-order valence-corrected chi connectivity index (χ3v) is 3.45. The van der Waals surface area contributed by atoms with Gasteiger partial charge in [-0.15, -0.1) is 0 Å². The van der Waals surface area contributed by atoms with Crippen LogP contribution in [0.5, 0.6) is 5.75 Å². The Morgan fingerprint density at radius 1 is 1.00 bits per heavy atom. The summed E-state index contributed by atoms with van der Waals surface area (Å²) >= 11 is 0. The summed E-state index contributed by atoms with van der Waals surface area (Å²) < 4.78 is 41.7. The van der Waals surface area contributed by atoms with Crippen LogP contribution in [0.15, 0.2) is 52.7 Å². The molecular weight excluding hydrogens is 329 g/mol. The summed E-state index contributed by atoms with van der Waals surface area (Å²) in [5, 5.41) is 7.73. The molecule has 0 aliphatic heterocycles. The molecular formula is C19H19F3N2O. The molecule has 0 radical (unpaired) electrons. The van der Waals surface area contributed by atoms with Gasteiger partial charge in [0.25, 0.3) is 0 Å². The second-order valence-corrected chi connectivity index (χ2v) is 5.40. The van der Waals surface area contributed by atoms with E-state index >= 15 is 0 Å². The van der Waals surface area contributed by atoms with Gasteiger partial charge in [-0.25, -0.2) is 4.39 Å². The van der Waals surface area contributed by atoms with Crippen molar-refractivity contribution in [2.24, 2.45) is 10.2 Å². The summed E-state index contributed by atoms with van der Waals surface area (Å²) in [7, 11) is 0. The van der Waals surface area contributed by atoms with Crippen LogP contribution in [0.3, 0.4) is 0 Å². The molecule has 0 fully saturated rings. The molecule has 0 unspecified atom stereocenters. The highest BCUT2D eigenvalue weighted by Gasteiger charge is 2.09. The molecule has 2 aromatic carbocycles. The molecule has 0 aliphatic rings. The predicted molar refractivity (Wildman–Crippen MR) is 93.3 cm³/mol. The highest BCUT2D eigenvalue weighted by atomic mass is 19.3. The highest BCUT2D eigenvalue weighted by molar-refractivity contribution is 5.82. The van der Waals surface area contributed by atoms with Crippen LogP contribution in [-0.2, 0) is 6.42 Å². The van der Waals surface area contributed by atoms with Crippen LogP contribution in [0.2, 0.25) is 0 Å². The monoisotopic (exact) mass is 348 g/mol. The van der Waals surface area contributed by atoms with Crippen LogP contribution >= 0.6 is 0 Å². The summed E-state index contributed by atoms with van der Waals surface area (Å²) in [6, 6.07) is 11.6. The maximum Gasteiger partial charge on any atom is 0.387 e. The van der Waals surface area contributed by atoms with E-state index < -0.39 is 18.2 Å². The number of aryl methyl sites for hydroxylation is 1. The van der Waals surface area contributed by atoms with E-state index in [0.29, 0.717) is 5.56 Å². The normalized spacial score (nSPS) is 11.7. The molecule has 3 nitrogen and oxygen atoms in total. The maximum absolute atomic E-state index is 13.6. The van der Waals surface area contributed by atoms with Crippen molar-refractivity contribution in [1.29, 1.82) is 0 Å². The van der Waals surface area contributed by atoms with E-state index in [-0.39, 0.29) is 0 Å². The van der Waals surface area contributed by atoms with E-state index in [1.165, 1.54) is 17.8 Å². The Morgan fingerprint density at radius 3 is 2.24 bits per heavy atom. The average Bonchev–Trinajstić information content (AvgIpc) is 2.60. The lowest BCUT2D eigenvalue weighted by molar-refractivity contribution is -0.0521. The van der Waals surface area contributed by atoms with Crippen LogP contribution in [0, 0.1) is 5.82 Å². The number of hydrogen-bond donors (Lipinski definition) is 0. The van der Waals surface area contributed by atoms with E-state index in [0.717, 1.165) is 37.0 Å². The quantitative estimate of drug-likeness (QED) is 0.475. The minimum atomic E-state index is -3.06. The molecule has 0 aromatic heterocycles. The summed E-state index contributed by atoms with van der Waals surface area (Å²) in [5.41, 5.74) is 2.58. The minimum Gasteiger partial charge on any atom is -0.432 e. The summed E-state index contributed by atoms with van der Waals surface area (Å²) in [6.07, 6.45) is 6.30. The van der Waals surface area contributed by atoms with Crippen molar-refractivity contribution in [2.45, 2.75) is 32.8 Å². The van der Waals surface area contributed by atoms with Gasteiger partial charge in [0.2, 0.25) is 0 Å². The summed E-state index contributed by atoms with van der Waals surface area (Å²) in [4.78, 5) is 0. The molecule has 2 aromatic rings. The predicted octanol–water partition coefficient (Wildman–Crippen LogP) is 5.22. The lowest BCUT2D eigenvalue weighted by Gasteiger charge is -2.05. The van der Waals surface area contributed by atoms with Crippen molar-refractivity contribution in [3.63, 3.8) is 0 Å². The Kier molecular flexibility index (Phi) is 7.19. The second kappa shape index (κ2) is 9.61. The second-order valence-electron chi connectivity index (χ2n) is 5.40. The zero-order valence-corrected chi connectivity index (χ0v) is 13.8. The fraction of sp³-hybridized carbons (Fsp3) is 0.263. The first-order valence-electron chi connectivity index (χ1n) is 7.98. The van der Waals surface area contributed by atoms with Gasteiger partial charge in [-0.05, 0) is 47.7 Å². The van der Waals surface area contributed by atoms with Crippen LogP contribution in [0.1, 0.15) is 36.5 Å². The number of benzene rings is 2. The highest BCUT2D eigenvalue weighted by Crippen LogP contribution is 2.19. The number of unbranched alkanes of at least 4 members (excludes halogenated alkanes) is 1. The molecule has 25 heavy (non-hydrogen) atoms. The molecule has 2 rings (SSSR count). The smallest absolute Gasteiger partial charge is 0.387 e. The largest absolute Gasteiger partial charge is 0.432 e. The number of nitrogens with zero attached hydrogens (tertiary/aromatic N) is 2. The van der Waals surface area contributed by atoms with Gasteiger partial charge in [0, 0.05) is 0 Å². The first-order chi connectivity index (χ1) is 12.1. The summed E-state index contributed by atoms with van der Waals surface area (Å²) in [5.74, 6) is -1.38. The standard InChI is InChI=1S/C19H19F3N2O/c1-2-3-4-14-5-7-15(8-6-14)12-23-24-13-16-9-10-18(17(20)11-16)25-19(21)22/h5-13,19H,2-4H2,1H3. The van der Waals surface area contributed by atoms with E-state index in [2.05, 4.69) is 34.0 Å². The van der Waals surface area contributed by atoms with Gasteiger partial charge in [-0.2, -0.15) is 19.0 Å². The van der Waals surface area contributed by atoms with E-state index in [9.17, 15) is 13.2 Å². The van der Waals surface area contributed by atoms with Crippen LogP contribution in [0.4, 0.5) is 13.2 Å². The Hall–Kier alpha value is -2.63. The van der Waals surface area contributed by atoms with Gasteiger partial charge < -0.3 is 4.74 Å². The third-order valence-electron chi connectivity index (χ3n) is 3.45. The molecule has 6 heteroatoms. The molecule has 0 aliphatic carbocycles. The molecule has 132 valence electrons. The number of ether oxygens (including phenoxy) is 1. The number of alkyl halides is 2. The van der Waals surface area contributed by atoms with Crippen LogP contribution in [-0.4, -0.2) is 19.0 Å². The van der Waals surface area contributed by atoms with E-state index in [1.807, 2.05) is 12.1 Å². The van der Waals surface area contributed by atoms with Gasteiger partial charge in [-0.1, -0.05) is 37.6 Å². The molecule has 0 bridgehead atoms. The van der Waals surface area contributed by atoms with Gasteiger partial charge in [0.05, 0.1) is 12.4 Å². The zero-order valence-electron chi connectivity index (χ0n) is 13.8. The molecule has 0 saturated heterocycles. The molecule has 0 heterocycles. The van der Waals surface area contributed by atoms with Crippen molar-refractivity contribution in [2.75, 3.05) is 0 Å². The average molecular weight is 348 g/mol. The van der Waals surface area contributed by atoms with Crippen molar-refractivity contribution in [3.05, 3.63) is 65.0 Å². The SMILES string of the molecule is CCCCc1ccc(C=NN=Cc2ccc(OC(F)F)c(F)c2)cc1. The van der Waals surface area contributed by atoms with Crippen LogP contribution < -0.4 is 4.74 Å². The van der Waals surface area contributed by atoms with Gasteiger partial charge >= 0.3 is 6.61 Å². The number of hydrogen-bond acceptors (Lipinski definition) is 3. The van der Waals surface area contributed by atoms with Crippen molar-refractivity contribution in [3.8, 4) is 5.75 Å². The topological polar surface area (TPSA) is 34.0 Å². The van der Waals surface area contributed by atoms with Gasteiger partial charge in [0.1, 0.15) is 0 Å². The minimum absolute atomic E-state index is 0.395. The molecule has 0 N–H and O–H groups in total. The lowest BCUT2D eigenvalue weighted by Crippen LogP contribution is -2.03. The Labute approximate surface area is 144 Å². The lowest BCUT2D eigenvalue weighted by atomic mass is 10.1. The zero-order chi connectivity index (χ0) is 18.1. The van der Waals surface area contributed by atoms with Crippen molar-refractivity contribution in [1.82, 2.24) is 0 Å². The fourth-order valence-electron chi connectivity index (χ4n) is 2.14.